The van der Waals surface area contributed by atoms with E-state index in [9.17, 15) is 9.59 Å². The Kier molecular flexibility index (Phi) is 7.02. The minimum absolute atomic E-state index is 0.0975. The number of amides is 2. The van der Waals surface area contributed by atoms with Gasteiger partial charge in [-0.3, -0.25) is 9.59 Å². The number of primary amides is 1. The number of carbonyl (C=O) groups is 2. The molecule has 138 valence electrons. The van der Waals surface area contributed by atoms with Crippen LogP contribution >= 0.6 is 0 Å². The number of ether oxygens (including phenoxy) is 1. The third-order valence-corrected chi connectivity index (χ3v) is 3.91. The molecule has 6 heteroatoms. The normalized spacial score (nSPS) is 10.2. The van der Waals surface area contributed by atoms with Crippen LogP contribution in [0.4, 0.5) is 5.69 Å². The number of aryl methyl sites for hydroxylation is 1. The Morgan fingerprint density at radius 3 is 2.50 bits per heavy atom. The molecule has 6 nitrogen and oxygen atoms in total. The molecule has 0 saturated heterocycles. The molecule has 2 aromatic rings. The first-order chi connectivity index (χ1) is 12.5. The quantitative estimate of drug-likeness (QED) is 0.674. The highest BCUT2D eigenvalue weighted by atomic mass is 16.5. The lowest BCUT2D eigenvalue weighted by Gasteiger charge is -2.12. The predicted octanol–water partition coefficient (Wildman–Crippen LogP) is 1.98. The fraction of sp³-hybridized carbons (Fsp3) is 0.300. The summed E-state index contributed by atoms with van der Waals surface area (Å²) in [5.74, 6) is -0.284. The lowest BCUT2D eigenvalue weighted by molar-refractivity contribution is -0.123. The summed E-state index contributed by atoms with van der Waals surface area (Å²) >= 11 is 0. The zero-order chi connectivity index (χ0) is 18.9. The van der Waals surface area contributed by atoms with E-state index in [-0.39, 0.29) is 12.5 Å². The van der Waals surface area contributed by atoms with Crippen molar-refractivity contribution in [2.45, 2.75) is 12.8 Å². The van der Waals surface area contributed by atoms with Gasteiger partial charge >= 0.3 is 0 Å². The molecule has 0 radical (unpaired) electrons. The van der Waals surface area contributed by atoms with Gasteiger partial charge in [-0.15, -0.1) is 0 Å². The summed E-state index contributed by atoms with van der Waals surface area (Å²) < 4.78 is 5.39. The number of nitrogens with one attached hydrogen (secondary N) is 1. The Balaban J connectivity index is 1.67. The van der Waals surface area contributed by atoms with Crippen molar-refractivity contribution in [3.63, 3.8) is 0 Å². The van der Waals surface area contributed by atoms with Gasteiger partial charge < -0.3 is 20.7 Å². The number of hydrogen-bond acceptors (Lipinski definition) is 4. The van der Waals surface area contributed by atoms with E-state index in [0.717, 1.165) is 12.8 Å². The van der Waals surface area contributed by atoms with Crippen LogP contribution in [-0.2, 0) is 11.2 Å². The molecule has 0 bridgehead atoms. The molecule has 0 heterocycles. The van der Waals surface area contributed by atoms with Crippen LogP contribution in [0.2, 0.25) is 0 Å². The average Bonchev–Trinajstić information content (AvgIpc) is 2.64. The molecule has 0 aliphatic rings. The van der Waals surface area contributed by atoms with Crippen LogP contribution in [0.15, 0.2) is 48.5 Å². The van der Waals surface area contributed by atoms with E-state index in [4.69, 9.17) is 10.5 Å². The van der Waals surface area contributed by atoms with Gasteiger partial charge in [0.25, 0.3) is 5.91 Å². The number of rotatable bonds is 9. The summed E-state index contributed by atoms with van der Waals surface area (Å²) in [5, 5.41) is 2.83. The molecule has 0 atom stereocenters. The molecule has 3 N–H and O–H groups in total. The number of nitrogens with two attached hydrogens (primary N) is 1. The van der Waals surface area contributed by atoms with Crippen LogP contribution < -0.4 is 20.7 Å². The van der Waals surface area contributed by atoms with Crippen LogP contribution in [0.3, 0.4) is 0 Å². The van der Waals surface area contributed by atoms with Crippen molar-refractivity contribution in [2.24, 2.45) is 5.73 Å². The fourth-order valence-electron chi connectivity index (χ4n) is 2.42. The molecule has 0 saturated carbocycles. The maximum absolute atomic E-state index is 11.8. The summed E-state index contributed by atoms with van der Waals surface area (Å²) in [7, 11) is 4.02. The number of anilines is 1. The smallest absolute Gasteiger partial charge is 0.257 e. The van der Waals surface area contributed by atoms with E-state index < -0.39 is 5.91 Å². The maximum Gasteiger partial charge on any atom is 0.257 e. The van der Waals surface area contributed by atoms with Crippen molar-refractivity contribution >= 4 is 17.5 Å². The Morgan fingerprint density at radius 1 is 1.12 bits per heavy atom. The SMILES string of the molecule is CN(C)c1ccc(CCCNC(=O)COc2cccc(C(N)=O)c2)cc1. The Labute approximate surface area is 153 Å². The van der Waals surface area contributed by atoms with Crippen molar-refractivity contribution in [2.75, 3.05) is 32.1 Å². The van der Waals surface area contributed by atoms with Crippen LogP contribution in [0.1, 0.15) is 22.3 Å². The fourth-order valence-corrected chi connectivity index (χ4v) is 2.42. The van der Waals surface area contributed by atoms with E-state index >= 15 is 0 Å². The standard InChI is InChI=1S/C20H25N3O3/c1-23(2)17-10-8-15(9-11-17)5-4-12-22-19(24)14-26-18-7-3-6-16(13-18)20(21)25/h3,6-11,13H,4-5,12,14H2,1-2H3,(H2,21,25)(H,22,24). The highest BCUT2D eigenvalue weighted by molar-refractivity contribution is 5.93. The highest BCUT2D eigenvalue weighted by Gasteiger charge is 2.05. The van der Waals surface area contributed by atoms with Gasteiger partial charge in [-0.05, 0) is 48.7 Å². The van der Waals surface area contributed by atoms with Crippen LogP contribution in [0, 0.1) is 0 Å². The Morgan fingerprint density at radius 2 is 1.85 bits per heavy atom. The van der Waals surface area contributed by atoms with E-state index in [2.05, 4.69) is 34.5 Å². The first kappa shape index (κ1) is 19.3. The van der Waals surface area contributed by atoms with Crippen LogP contribution in [0.5, 0.6) is 5.75 Å². The van der Waals surface area contributed by atoms with Crippen molar-refractivity contribution in [1.29, 1.82) is 0 Å². The number of carbonyl (C=O) groups excluding carboxylic acids is 2. The molecule has 0 unspecified atom stereocenters. The van der Waals surface area contributed by atoms with Gasteiger partial charge in [0.05, 0.1) is 0 Å². The van der Waals surface area contributed by atoms with Gasteiger partial charge in [-0.25, -0.2) is 0 Å². The van der Waals surface area contributed by atoms with Crippen LogP contribution in [0.25, 0.3) is 0 Å². The largest absolute Gasteiger partial charge is 0.484 e. The maximum atomic E-state index is 11.8. The minimum atomic E-state index is -0.529. The van der Waals surface area contributed by atoms with Gasteiger partial charge in [0.1, 0.15) is 5.75 Å². The van der Waals surface area contributed by atoms with E-state index in [0.29, 0.717) is 17.9 Å². The monoisotopic (exact) mass is 355 g/mol. The Hall–Kier alpha value is -3.02. The minimum Gasteiger partial charge on any atom is -0.484 e. The molecule has 0 fully saturated rings. The second kappa shape index (κ2) is 9.46. The first-order valence-corrected chi connectivity index (χ1v) is 8.51. The lowest BCUT2D eigenvalue weighted by atomic mass is 10.1. The molecule has 0 aliphatic heterocycles. The second-order valence-electron chi connectivity index (χ2n) is 6.20. The predicted molar refractivity (Wildman–Crippen MR) is 103 cm³/mol. The van der Waals surface area contributed by atoms with Crippen LogP contribution in [-0.4, -0.2) is 39.1 Å². The highest BCUT2D eigenvalue weighted by Crippen LogP contribution is 2.14. The third kappa shape index (κ3) is 6.12. The third-order valence-electron chi connectivity index (χ3n) is 3.91. The lowest BCUT2D eigenvalue weighted by Crippen LogP contribution is -2.30. The second-order valence-corrected chi connectivity index (χ2v) is 6.20. The van der Waals surface area contributed by atoms with Gasteiger partial charge in [0.15, 0.2) is 6.61 Å². The molecular weight excluding hydrogens is 330 g/mol. The summed E-state index contributed by atoms with van der Waals surface area (Å²) in [6, 6.07) is 14.8. The van der Waals surface area contributed by atoms with Crippen molar-refractivity contribution < 1.29 is 14.3 Å². The number of benzene rings is 2. The summed E-state index contributed by atoms with van der Waals surface area (Å²) in [6.07, 6.45) is 1.75. The molecule has 0 aromatic heterocycles. The van der Waals surface area contributed by atoms with Crippen molar-refractivity contribution in [1.82, 2.24) is 5.32 Å². The topological polar surface area (TPSA) is 84.7 Å². The summed E-state index contributed by atoms with van der Waals surface area (Å²) in [4.78, 5) is 25.0. The zero-order valence-electron chi connectivity index (χ0n) is 15.2. The first-order valence-electron chi connectivity index (χ1n) is 8.51. The number of nitrogens with zero attached hydrogens (tertiary/aromatic N) is 1. The molecule has 26 heavy (non-hydrogen) atoms. The van der Waals surface area contributed by atoms with E-state index in [1.165, 1.54) is 17.3 Å². The number of hydrogen-bond donors (Lipinski definition) is 2. The summed E-state index contributed by atoms with van der Waals surface area (Å²) in [6.45, 7) is 0.485. The molecule has 0 aliphatic carbocycles. The summed E-state index contributed by atoms with van der Waals surface area (Å²) in [5.41, 5.74) is 7.97. The molecule has 0 spiro atoms. The van der Waals surface area contributed by atoms with Crippen molar-refractivity contribution in [3.8, 4) is 5.75 Å². The Bertz CT molecular complexity index is 742. The average molecular weight is 355 g/mol. The van der Waals surface area contributed by atoms with Gasteiger partial charge in [0.2, 0.25) is 5.91 Å². The zero-order valence-corrected chi connectivity index (χ0v) is 15.2. The molecule has 2 aromatic carbocycles. The van der Waals surface area contributed by atoms with Crippen molar-refractivity contribution in [3.05, 3.63) is 59.7 Å². The molecular formula is C20H25N3O3. The molecule has 2 amide bonds. The van der Waals surface area contributed by atoms with Gasteiger partial charge in [0, 0.05) is 31.9 Å². The van der Waals surface area contributed by atoms with E-state index in [1.807, 2.05) is 14.1 Å². The van der Waals surface area contributed by atoms with E-state index in [1.54, 1.807) is 18.2 Å². The molecule has 2 rings (SSSR count). The van der Waals surface area contributed by atoms with Gasteiger partial charge in [-0.1, -0.05) is 18.2 Å². The van der Waals surface area contributed by atoms with Gasteiger partial charge in [-0.2, -0.15) is 0 Å².